The molecular weight excluding hydrogens is 246 g/mol. The zero-order chi connectivity index (χ0) is 14.7. The molecule has 1 atom stereocenters. The second-order valence-electron chi connectivity index (χ2n) is 5.35. The molecule has 0 fully saturated rings. The van der Waals surface area contributed by atoms with Gasteiger partial charge in [0.2, 0.25) is 0 Å². The first-order valence-corrected chi connectivity index (χ1v) is 6.92. The molecule has 2 aromatic carbocycles. The molecule has 0 aliphatic rings. The smallest absolute Gasteiger partial charge is 0.252 e. The summed E-state index contributed by atoms with van der Waals surface area (Å²) in [7, 11) is 0. The Morgan fingerprint density at radius 1 is 1.00 bits per heavy atom. The van der Waals surface area contributed by atoms with Crippen LogP contribution in [-0.2, 0) is 0 Å². The Morgan fingerprint density at radius 3 is 2.30 bits per heavy atom. The molecule has 0 aliphatic heterocycles. The van der Waals surface area contributed by atoms with Crippen LogP contribution in [0.15, 0.2) is 42.5 Å². The second-order valence-corrected chi connectivity index (χ2v) is 5.35. The molecule has 0 aliphatic carbocycles. The molecule has 2 heteroatoms. The average molecular weight is 267 g/mol. The van der Waals surface area contributed by atoms with Crippen LogP contribution in [0.1, 0.15) is 45.6 Å². The minimum Gasteiger partial charge on any atom is -0.346 e. The van der Waals surface area contributed by atoms with E-state index in [9.17, 15) is 4.79 Å². The fourth-order valence-corrected chi connectivity index (χ4v) is 2.21. The summed E-state index contributed by atoms with van der Waals surface area (Å²) in [6.45, 7) is 8.08. The monoisotopic (exact) mass is 267 g/mol. The van der Waals surface area contributed by atoms with Crippen LogP contribution in [0, 0.1) is 20.8 Å². The van der Waals surface area contributed by atoms with Gasteiger partial charge >= 0.3 is 0 Å². The fraction of sp³-hybridized carbons (Fsp3) is 0.278. The number of benzene rings is 2. The van der Waals surface area contributed by atoms with Crippen molar-refractivity contribution in [2.24, 2.45) is 0 Å². The van der Waals surface area contributed by atoms with Crippen LogP contribution in [0.2, 0.25) is 0 Å². The highest BCUT2D eigenvalue weighted by Crippen LogP contribution is 2.16. The molecule has 0 saturated carbocycles. The topological polar surface area (TPSA) is 29.1 Å². The summed E-state index contributed by atoms with van der Waals surface area (Å²) < 4.78 is 0. The van der Waals surface area contributed by atoms with Crippen LogP contribution in [0.25, 0.3) is 0 Å². The number of carbonyl (C=O) groups is 1. The predicted molar refractivity (Wildman–Crippen MR) is 83.0 cm³/mol. The first-order valence-electron chi connectivity index (χ1n) is 6.92. The van der Waals surface area contributed by atoms with Crippen molar-refractivity contribution < 1.29 is 4.79 Å². The molecule has 1 amide bonds. The number of hydrogen-bond acceptors (Lipinski definition) is 1. The third-order valence-electron chi connectivity index (χ3n) is 3.77. The number of aryl methyl sites for hydroxylation is 2. The van der Waals surface area contributed by atoms with E-state index in [2.05, 4.69) is 36.5 Å². The first-order chi connectivity index (χ1) is 9.49. The van der Waals surface area contributed by atoms with E-state index in [0.717, 1.165) is 22.3 Å². The van der Waals surface area contributed by atoms with Crippen molar-refractivity contribution in [3.8, 4) is 0 Å². The molecule has 0 bridgehead atoms. The maximum Gasteiger partial charge on any atom is 0.252 e. The minimum absolute atomic E-state index is 0.00279. The molecule has 0 saturated heterocycles. The molecule has 0 heterocycles. The van der Waals surface area contributed by atoms with Crippen LogP contribution in [-0.4, -0.2) is 5.91 Å². The summed E-state index contributed by atoms with van der Waals surface area (Å²) in [6, 6.07) is 14.1. The van der Waals surface area contributed by atoms with Crippen molar-refractivity contribution in [3.05, 3.63) is 70.3 Å². The van der Waals surface area contributed by atoms with E-state index in [4.69, 9.17) is 0 Å². The van der Waals surface area contributed by atoms with Crippen LogP contribution >= 0.6 is 0 Å². The van der Waals surface area contributed by atoms with Gasteiger partial charge in [0.1, 0.15) is 0 Å². The van der Waals surface area contributed by atoms with Gasteiger partial charge in [-0.15, -0.1) is 0 Å². The lowest BCUT2D eigenvalue weighted by Gasteiger charge is -2.16. The van der Waals surface area contributed by atoms with E-state index in [-0.39, 0.29) is 11.9 Å². The highest BCUT2D eigenvalue weighted by Gasteiger charge is 2.13. The third kappa shape index (κ3) is 3.08. The van der Waals surface area contributed by atoms with Gasteiger partial charge in [0.05, 0.1) is 6.04 Å². The number of hydrogen-bond donors (Lipinski definition) is 1. The van der Waals surface area contributed by atoms with Crippen LogP contribution in [0.3, 0.4) is 0 Å². The lowest BCUT2D eigenvalue weighted by molar-refractivity contribution is 0.0939. The standard InChI is InChI=1S/C18H21NO/c1-12-8-10-16(11-9-12)15(4)19-18(20)17-7-5-6-13(2)14(17)3/h5-11,15H,1-4H3,(H,19,20). The molecule has 2 aromatic rings. The maximum atomic E-state index is 12.4. The largest absolute Gasteiger partial charge is 0.346 e. The Hall–Kier alpha value is -2.09. The number of nitrogens with one attached hydrogen (secondary N) is 1. The summed E-state index contributed by atoms with van der Waals surface area (Å²) in [5.74, 6) is -0.0146. The quantitative estimate of drug-likeness (QED) is 0.891. The summed E-state index contributed by atoms with van der Waals surface area (Å²) in [6.07, 6.45) is 0. The van der Waals surface area contributed by atoms with Crippen LogP contribution in [0.4, 0.5) is 0 Å². The van der Waals surface area contributed by atoms with E-state index >= 15 is 0 Å². The van der Waals surface area contributed by atoms with Crippen molar-refractivity contribution in [1.29, 1.82) is 0 Å². The lowest BCUT2D eigenvalue weighted by Crippen LogP contribution is -2.27. The van der Waals surface area contributed by atoms with Gasteiger partial charge in [-0.05, 0) is 50.5 Å². The van der Waals surface area contributed by atoms with Crippen molar-refractivity contribution in [2.75, 3.05) is 0 Å². The molecule has 0 radical (unpaired) electrons. The van der Waals surface area contributed by atoms with Gasteiger partial charge in [0, 0.05) is 5.56 Å². The third-order valence-corrected chi connectivity index (χ3v) is 3.77. The second kappa shape index (κ2) is 5.91. The molecule has 0 aromatic heterocycles. The Bertz CT molecular complexity index is 614. The van der Waals surface area contributed by atoms with E-state index in [0.29, 0.717) is 0 Å². The fourth-order valence-electron chi connectivity index (χ4n) is 2.21. The average Bonchev–Trinajstić information content (AvgIpc) is 2.42. The molecule has 20 heavy (non-hydrogen) atoms. The number of amides is 1. The van der Waals surface area contributed by atoms with Gasteiger partial charge in [0.25, 0.3) is 5.91 Å². The van der Waals surface area contributed by atoms with E-state index < -0.39 is 0 Å². The maximum absolute atomic E-state index is 12.4. The Labute approximate surface area is 120 Å². The zero-order valence-electron chi connectivity index (χ0n) is 12.5. The predicted octanol–water partition coefficient (Wildman–Crippen LogP) is 4.10. The van der Waals surface area contributed by atoms with Crippen molar-refractivity contribution in [3.63, 3.8) is 0 Å². The van der Waals surface area contributed by atoms with Gasteiger partial charge in [-0.25, -0.2) is 0 Å². The molecule has 2 nitrogen and oxygen atoms in total. The van der Waals surface area contributed by atoms with E-state index in [1.165, 1.54) is 5.56 Å². The van der Waals surface area contributed by atoms with Gasteiger partial charge < -0.3 is 5.32 Å². The van der Waals surface area contributed by atoms with Gasteiger partial charge in [-0.3, -0.25) is 4.79 Å². The summed E-state index contributed by atoms with van der Waals surface area (Å²) in [5, 5.41) is 3.06. The summed E-state index contributed by atoms with van der Waals surface area (Å²) in [5.41, 5.74) is 5.28. The van der Waals surface area contributed by atoms with Crippen molar-refractivity contribution in [2.45, 2.75) is 33.7 Å². The van der Waals surface area contributed by atoms with Gasteiger partial charge in [-0.1, -0.05) is 42.0 Å². The molecule has 2 rings (SSSR count). The lowest BCUT2D eigenvalue weighted by atomic mass is 10.0. The number of carbonyl (C=O) groups excluding carboxylic acids is 1. The Kier molecular flexibility index (Phi) is 4.23. The highest BCUT2D eigenvalue weighted by molar-refractivity contribution is 5.96. The SMILES string of the molecule is Cc1ccc(C(C)NC(=O)c2cccc(C)c2C)cc1. The molecule has 104 valence electrons. The van der Waals surface area contributed by atoms with Crippen LogP contribution in [0.5, 0.6) is 0 Å². The first kappa shape index (κ1) is 14.3. The van der Waals surface area contributed by atoms with E-state index in [1.807, 2.05) is 39.0 Å². The number of rotatable bonds is 3. The van der Waals surface area contributed by atoms with Gasteiger partial charge in [-0.2, -0.15) is 0 Å². The molecule has 1 unspecified atom stereocenters. The highest BCUT2D eigenvalue weighted by atomic mass is 16.1. The van der Waals surface area contributed by atoms with E-state index in [1.54, 1.807) is 0 Å². The normalized spacial score (nSPS) is 12.0. The Balaban J connectivity index is 2.15. The summed E-state index contributed by atoms with van der Waals surface area (Å²) in [4.78, 5) is 12.4. The van der Waals surface area contributed by atoms with Crippen molar-refractivity contribution in [1.82, 2.24) is 5.32 Å². The molecule has 0 spiro atoms. The molecular formula is C18H21NO. The Morgan fingerprint density at radius 2 is 1.65 bits per heavy atom. The van der Waals surface area contributed by atoms with Crippen LogP contribution < -0.4 is 5.32 Å². The zero-order valence-corrected chi connectivity index (χ0v) is 12.5. The van der Waals surface area contributed by atoms with Crippen molar-refractivity contribution >= 4 is 5.91 Å². The minimum atomic E-state index is -0.0146. The molecule has 1 N–H and O–H groups in total. The summed E-state index contributed by atoms with van der Waals surface area (Å²) >= 11 is 0. The van der Waals surface area contributed by atoms with Gasteiger partial charge in [0.15, 0.2) is 0 Å².